The van der Waals surface area contributed by atoms with Crippen LogP contribution in [0.3, 0.4) is 0 Å². The molecule has 27 heavy (non-hydrogen) atoms. The first-order valence-corrected chi connectivity index (χ1v) is 9.71. The predicted octanol–water partition coefficient (Wildman–Crippen LogP) is 3.03. The van der Waals surface area contributed by atoms with Crippen LogP contribution in [-0.2, 0) is 0 Å². The Hall–Kier alpha value is -2.53. The molecule has 0 unspecified atom stereocenters. The van der Waals surface area contributed by atoms with E-state index in [4.69, 9.17) is 4.74 Å². The van der Waals surface area contributed by atoms with Crippen LogP contribution in [0.2, 0.25) is 0 Å². The Morgan fingerprint density at radius 2 is 1.78 bits per heavy atom. The first-order valence-electron chi connectivity index (χ1n) is 9.71. The van der Waals surface area contributed by atoms with E-state index in [9.17, 15) is 4.79 Å². The zero-order valence-electron chi connectivity index (χ0n) is 16.1. The molecule has 144 valence electrons. The van der Waals surface area contributed by atoms with E-state index in [1.54, 1.807) is 7.11 Å². The third kappa shape index (κ3) is 5.73. The number of rotatable bonds is 8. The zero-order valence-corrected chi connectivity index (χ0v) is 16.1. The third-order valence-corrected chi connectivity index (χ3v) is 5.01. The van der Waals surface area contributed by atoms with Crippen molar-refractivity contribution in [2.24, 2.45) is 0 Å². The number of nitrogens with one attached hydrogen (secondary N) is 1. The normalized spacial score (nSPS) is 14.8. The van der Waals surface area contributed by atoms with Crippen molar-refractivity contribution in [2.75, 3.05) is 51.3 Å². The molecule has 1 heterocycles. The van der Waals surface area contributed by atoms with Crippen LogP contribution in [0.4, 0.5) is 5.69 Å². The van der Waals surface area contributed by atoms with E-state index < -0.39 is 0 Å². The van der Waals surface area contributed by atoms with Gasteiger partial charge in [-0.25, -0.2) is 0 Å². The van der Waals surface area contributed by atoms with Gasteiger partial charge in [0.1, 0.15) is 5.75 Å². The van der Waals surface area contributed by atoms with Crippen molar-refractivity contribution in [1.82, 2.24) is 10.2 Å². The van der Waals surface area contributed by atoms with E-state index in [0.717, 1.165) is 63.4 Å². The number of anilines is 1. The lowest BCUT2D eigenvalue weighted by atomic mass is 10.2. The summed E-state index contributed by atoms with van der Waals surface area (Å²) in [5.41, 5.74) is 1.96. The predicted molar refractivity (Wildman–Crippen MR) is 110 cm³/mol. The smallest absolute Gasteiger partial charge is 0.251 e. The average Bonchev–Trinajstić information content (AvgIpc) is 2.74. The molecule has 2 aromatic carbocycles. The molecule has 0 radical (unpaired) electrons. The van der Waals surface area contributed by atoms with Gasteiger partial charge in [-0.1, -0.05) is 24.3 Å². The molecule has 1 fully saturated rings. The Morgan fingerprint density at radius 1 is 1.00 bits per heavy atom. The van der Waals surface area contributed by atoms with Gasteiger partial charge in [0.05, 0.1) is 7.11 Å². The molecule has 1 saturated heterocycles. The van der Waals surface area contributed by atoms with Crippen molar-refractivity contribution in [3.63, 3.8) is 0 Å². The summed E-state index contributed by atoms with van der Waals surface area (Å²) in [7, 11) is 1.71. The Balaban J connectivity index is 1.31. The number of benzene rings is 2. The van der Waals surface area contributed by atoms with Gasteiger partial charge in [-0.05, 0) is 43.7 Å². The average molecular weight is 367 g/mol. The van der Waals surface area contributed by atoms with Crippen LogP contribution in [-0.4, -0.2) is 57.2 Å². The lowest BCUT2D eigenvalue weighted by molar-refractivity contribution is 0.0952. The fourth-order valence-corrected chi connectivity index (χ4v) is 3.39. The lowest BCUT2D eigenvalue weighted by Crippen LogP contribution is -2.46. The van der Waals surface area contributed by atoms with Crippen molar-refractivity contribution in [1.29, 1.82) is 0 Å². The summed E-state index contributed by atoms with van der Waals surface area (Å²) in [6.07, 6.45) is 2.11. The SMILES string of the molecule is COc1cccc(N2CCN(CCCCNC(=O)c3ccccc3)CC2)c1. The second-order valence-corrected chi connectivity index (χ2v) is 6.86. The molecule has 0 atom stereocenters. The minimum Gasteiger partial charge on any atom is -0.497 e. The van der Waals surface area contributed by atoms with Gasteiger partial charge < -0.3 is 15.0 Å². The number of piperazine rings is 1. The third-order valence-electron chi connectivity index (χ3n) is 5.01. The van der Waals surface area contributed by atoms with Crippen molar-refractivity contribution in [3.8, 4) is 5.75 Å². The van der Waals surface area contributed by atoms with E-state index in [2.05, 4.69) is 27.2 Å². The van der Waals surface area contributed by atoms with E-state index >= 15 is 0 Å². The van der Waals surface area contributed by atoms with Crippen molar-refractivity contribution in [3.05, 3.63) is 60.2 Å². The van der Waals surface area contributed by atoms with Crippen LogP contribution in [0.25, 0.3) is 0 Å². The topological polar surface area (TPSA) is 44.8 Å². The standard InChI is InChI=1S/C22H29N3O2/c1-27-21-11-7-10-20(18-21)25-16-14-24(15-17-25)13-6-5-12-23-22(26)19-8-3-2-4-9-19/h2-4,7-11,18H,5-6,12-17H2,1H3,(H,23,26). The molecule has 0 aliphatic carbocycles. The van der Waals surface area contributed by atoms with Gasteiger partial charge in [-0.2, -0.15) is 0 Å². The van der Waals surface area contributed by atoms with Crippen LogP contribution in [0.15, 0.2) is 54.6 Å². The van der Waals surface area contributed by atoms with Gasteiger partial charge >= 0.3 is 0 Å². The summed E-state index contributed by atoms with van der Waals surface area (Å²) in [5, 5.41) is 3.00. The highest BCUT2D eigenvalue weighted by Crippen LogP contribution is 2.22. The van der Waals surface area contributed by atoms with E-state index in [0.29, 0.717) is 0 Å². The maximum atomic E-state index is 12.0. The first-order chi connectivity index (χ1) is 13.3. The molecule has 0 bridgehead atoms. The van der Waals surface area contributed by atoms with Gasteiger partial charge in [0.15, 0.2) is 0 Å². The van der Waals surface area contributed by atoms with Gasteiger partial charge in [-0.3, -0.25) is 9.69 Å². The quantitative estimate of drug-likeness (QED) is 0.729. The van der Waals surface area contributed by atoms with Crippen molar-refractivity contribution < 1.29 is 9.53 Å². The Bertz CT molecular complexity index is 713. The molecule has 2 aromatic rings. The number of unbranched alkanes of at least 4 members (excludes halogenated alkanes) is 1. The summed E-state index contributed by atoms with van der Waals surface area (Å²) in [6, 6.07) is 17.7. The summed E-state index contributed by atoms with van der Waals surface area (Å²) in [4.78, 5) is 16.9. The fraction of sp³-hybridized carbons (Fsp3) is 0.409. The largest absolute Gasteiger partial charge is 0.497 e. The molecule has 5 nitrogen and oxygen atoms in total. The lowest BCUT2D eigenvalue weighted by Gasteiger charge is -2.36. The van der Waals surface area contributed by atoms with Crippen LogP contribution >= 0.6 is 0 Å². The number of amides is 1. The van der Waals surface area contributed by atoms with E-state index in [-0.39, 0.29) is 5.91 Å². The monoisotopic (exact) mass is 367 g/mol. The summed E-state index contributed by atoms with van der Waals surface area (Å²) in [5.74, 6) is 0.926. The molecular formula is C22H29N3O2. The number of methoxy groups -OCH3 is 1. The second-order valence-electron chi connectivity index (χ2n) is 6.86. The molecule has 0 saturated carbocycles. The molecule has 1 aliphatic heterocycles. The summed E-state index contributed by atoms with van der Waals surface area (Å²) in [6.45, 7) is 6.06. The molecular weight excluding hydrogens is 338 g/mol. The Labute approximate surface area is 161 Å². The van der Waals surface area contributed by atoms with Crippen molar-refractivity contribution in [2.45, 2.75) is 12.8 Å². The highest BCUT2D eigenvalue weighted by molar-refractivity contribution is 5.94. The highest BCUT2D eigenvalue weighted by atomic mass is 16.5. The minimum absolute atomic E-state index is 0.0162. The van der Waals surface area contributed by atoms with Gasteiger partial charge in [0.2, 0.25) is 0 Å². The maximum absolute atomic E-state index is 12.0. The van der Waals surface area contributed by atoms with Crippen molar-refractivity contribution >= 4 is 11.6 Å². The van der Waals surface area contributed by atoms with Gasteiger partial charge in [0.25, 0.3) is 5.91 Å². The van der Waals surface area contributed by atoms with E-state index in [1.165, 1.54) is 5.69 Å². The molecule has 1 amide bonds. The highest BCUT2D eigenvalue weighted by Gasteiger charge is 2.17. The summed E-state index contributed by atoms with van der Waals surface area (Å²) < 4.78 is 5.32. The number of hydrogen-bond acceptors (Lipinski definition) is 4. The second kappa shape index (κ2) is 9.97. The zero-order chi connectivity index (χ0) is 18.9. The van der Waals surface area contributed by atoms with Gasteiger partial charge in [0, 0.05) is 50.0 Å². The van der Waals surface area contributed by atoms with Gasteiger partial charge in [-0.15, -0.1) is 0 Å². The molecule has 5 heteroatoms. The fourth-order valence-electron chi connectivity index (χ4n) is 3.39. The first kappa shape index (κ1) is 19.2. The van der Waals surface area contributed by atoms with E-state index in [1.807, 2.05) is 42.5 Å². The Morgan fingerprint density at radius 3 is 2.52 bits per heavy atom. The molecule has 1 aliphatic rings. The number of ether oxygens (including phenoxy) is 1. The van der Waals surface area contributed by atoms with Crippen LogP contribution in [0.1, 0.15) is 23.2 Å². The number of nitrogens with zero attached hydrogens (tertiary/aromatic N) is 2. The minimum atomic E-state index is 0.0162. The molecule has 0 spiro atoms. The number of hydrogen-bond donors (Lipinski definition) is 1. The van der Waals surface area contributed by atoms with Crippen LogP contribution in [0, 0.1) is 0 Å². The number of carbonyl (C=O) groups is 1. The van der Waals surface area contributed by atoms with Crippen LogP contribution in [0.5, 0.6) is 5.75 Å². The molecule has 1 N–H and O–H groups in total. The van der Waals surface area contributed by atoms with Crippen LogP contribution < -0.4 is 15.0 Å². The molecule has 3 rings (SSSR count). The number of carbonyl (C=O) groups excluding carboxylic acids is 1. The maximum Gasteiger partial charge on any atom is 0.251 e. The molecule has 0 aromatic heterocycles. The Kier molecular flexibility index (Phi) is 7.11. The summed E-state index contributed by atoms with van der Waals surface area (Å²) >= 11 is 0.